The Morgan fingerprint density at radius 3 is 2.50 bits per heavy atom. The van der Waals surface area contributed by atoms with E-state index in [2.05, 4.69) is 10.6 Å². The number of benzene rings is 1. The Bertz CT molecular complexity index is 825. The zero-order chi connectivity index (χ0) is 18.6. The highest BCUT2D eigenvalue weighted by atomic mass is 32.2. The summed E-state index contributed by atoms with van der Waals surface area (Å²) < 4.78 is 26.9. The van der Waals surface area contributed by atoms with Crippen LogP contribution < -0.4 is 10.6 Å². The third kappa shape index (κ3) is 4.63. The van der Waals surface area contributed by atoms with Gasteiger partial charge in [0.2, 0.25) is 10.0 Å². The molecule has 140 valence electrons. The highest BCUT2D eigenvalue weighted by Crippen LogP contribution is 2.21. The van der Waals surface area contributed by atoms with Crippen LogP contribution in [0.5, 0.6) is 0 Å². The van der Waals surface area contributed by atoms with Gasteiger partial charge in [-0.25, -0.2) is 13.2 Å². The van der Waals surface area contributed by atoms with Gasteiger partial charge in [-0.1, -0.05) is 17.7 Å². The smallest absolute Gasteiger partial charge is 0.315 e. The summed E-state index contributed by atoms with van der Waals surface area (Å²) >= 11 is 1.59. The van der Waals surface area contributed by atoms with Crippen LogP contribution in [-0.2, 0) is 16.6 Å². The van der Waals surface area contributed by atoms with Gasteiger partial charge in [-0.2, -0.15) is 15.6 Å². The zero-order valence-corrected chi connectivity index (χ0v) is 16.3. The van der Waals surface area contributed by atoms with E-state index < -0.39 is 10.0 Å². The number of aryl methyl sites for hydroxylation is 1. The Hall–Kier alpha value is -1.90. The first kappa shape index (κ1) is 18.9. The SMILES string of the molecule is Cc1ccc(S(=O)(=O)N2CCC(NC(=O)NCc3ccsc3)CC2)cc1. The van der Waals surface area contributed by atoms with Crippen molar-refractivity contribution in [2.75, 3.05) is 13.1 Å². The van der Waals surface area contributed by atoms with Crippen molar-refractivity contribution in [2.24, 2.45) is 0 Å². The summed E-state index contributed by atoms with van der Waals surface area (Å²) in [5.74, 6) is 0. The quantitative estimate of drug-likeness (QED) is 0.820. The van der Waals surface area contributed by atoms with Crippen LogP contribution in [0.3, 0.4) is 0 Å². The first-order valence-electron chi connectivity index (χ1n) is 8.57. The Balaban J connectivity index is 1.49. The molecule has 1 aromatic carbocycles. The summed E-state index contributed by atoms with van der Waals surface area (Å²) in [6.45, 7) is 3.24. The van der Waals surface area contributed by atoms with E-state index in [-0.39, 0.29) is 12.1 Å². The minimum Gasteiger partial charge on any atom is -0.335 e. The van der Waals surface area contributed by atoms with Crippen molar-refractivity contribution in [3.05, 3.63) is 52.2 Å². The molecule has 0 unspecified atom stereocenters. The van der Waals surface area contributed by atoms with E-state index in [0.717, 1.165) is 11.1 Å². The van der Waals surface area contributed by atoms with E-state index in [1.165, 1.54) is 4.31 Å². The van der Waals surface area contributed by atoms with Crippen molar-refractivity contribution >= 4 is 27.4 Å². The predicted octanol–water partition coefficient (Wildman–Crippen LogP) is 2.71. The molecule has 2 heterocycles. The van der Waals surface area contributed by atoms with E-state index in [0.29, 0.717) is 37.4 Å². The minimum absolute atomic E-state index is 0.0121. The summed E-state index contributed by atoms with van der Waals surface area (Å²) in [6, 6.07) is 8.65. The molecule has 2 N–H and O–H groups in total. The lowest BCUT2D eigenvalue weighted by Gasteiger charge is -2.31. The van der Waals surface area contributed by atoms with Crippen molar-refractivity contribution in [3.63, 3.8) is 0 Å². The van der Waals surface area contributed by atoms with Crippen LogP contribution in [0.4, 0.5) is 4.79 Å². The first-order chi connectivity index (χ1) is 12.4. The monoisotopic (exact) mass is 393 g/mol. The highest BCUT2D eigenvalue weighted by Gasteiger charge is 2.29. The van der Waals surface area contributed by atoms with Crippen LogP contribution in [0.15, 0.2) is 46.0 Å². The molecule has 0 spiro atoms. The summed E-state index contributed by atoms with van der Waals surface area (Å²) in [6.07, 6.45) is 1.22. The van der Waals surface area contributed by atoms with E-state index in [1.807, 2.05) is 23.8 Å². The van der Waals surface area contributed by atoms with Crippen molar-refractivity contribution in [1.82, 2.24) is 14.9 Å². The number of thiophene rings is 1. The Labute approximate surface area is 158 Å². The van der Waals surface area contributed by atoms with E-state index >= 15 is 0 Å². The van der Waals surface area contributed by atoms with Crippen molar-refractivity contribution < 1.29 is 13.2 Å². The Kier molecular flexibility index (Phi) is 5.95. The van der Waals surface area contributed by atoms with Gasteiger partial charge in [-0.3, -0.25) is 0 Å². The van der Waals surface area contributed by atoms with Gasteiger partial charge in [0.1, 0.15) is 0 Å². The second kappa shape index (κ2) is 8.20. The molecule has 1 aliphatic heterocycles. The van der Waals surface area contributed by atoms with Crippen molar-refractivity contribution in [2.45, 2.75) is 37.2 Å². The second-order valence-electron chi connectivity index (χ2n) is 6.45. The fourth-order valence-electron chi connectivity index (χ4n) is 2.91. The Morgan fingerprint density at radius 2 is 1.88 bits per heavy atom. The molecule has 8 heteroatoms. The van der Waals surface area contributed by atoms with Crippen LogP contribution in [-0.4, -0.2) is 37.9 Å². The number of hydrogen-bond donors (Lipinski definition) is 2. The number of urea groups is 1. The summed E-state index contributed by atoms with van der Waals surface area (Å²) in [7, 11) is -3.46. The van der Waals surface area contributed by atoms with Gasteiger partial charge in [0, 0.05) is 25.7 Å². The van der Waals surface area contributed by atoms with Gasteiger partial charge < -0.3 is 10.6 Å². The van der Waals surface area contributed by atoms with Crippen molar-refractivity contribution in [3.8, 4) is 0 Å². The topological polar surface area (TPSA) is 78.5 Å². The molecule has 2 amide bonds. The summed E-state index contributed by atoms with van der Waals surface area (Å²) in [5.41, 5.74) is 2.10. The number of sulfonamides is 1. The zero-order valence-electron chi connectivity index (χ0n) is 14.6. The van der Waals surface area contributed by atoms with Crippen LogP contribution >= 0.6 is 11.3 Å². The Morgan fingerprint density at radius 1 is 1.19 bits per heavy atom. The molecule has 1 aliphatic rings. The molecular formula is C18H23N3O3S2. The molecule has 0 saturated carbocycles. The molecule has 6 nitrogen and oxygen atoms in total. The third-order valence-electron chi connectivity index (χ3n) is 4.48. The number of piperidine rings is 1. The fraction of sp³-hybridized carbons (Fsp3) is 0.389. The third-order valence-corrected chi connectivity index (χ3v) is 7.13. The van der Waals surface area contributed by atoms with Gasteiger partial charge in [0.05, 0.1) is 4.90 Å². The number of nitrogens with one attached hydrogen (secondary N) is 2. The van der Waals surface area contributed by atoms with Gasteiger partial charge in [0.15, 0.2) is 0 Å². The van der Waals surface area contributed by atoms with Crippen LogP contribution in [0.25, 0.3) is 0 Å². The lowest BCUT2D eigenvalue weighted by atomic mass is 10.1. The van der Waals surface area contributed by atoms with Gasteiger partial charge in [-0.05, 0) is 54.3 Å². The predicted molar refractivity (Wildman–Crippen MR) is 103 cm³/mol. The molecule has 1 saturated heterocycles. The normalized spacial score (nSPS) is 16.3. The van der Waals surface area contributed by atoms with E-state index in [1.54, 1.807) is 35.6 Å². The highest BCUT2D eigenvalue weighted by molar-refractivity contribution is 7.89. The number of carbonyl (C=O) groups excluding carboxylic acids is 1. The lowest BCUT2D eigenvalue weighted by molar-refractivity contribution is 0.227. The standard InChI is InChI=1S/C18H23N3O3S2/c1-14-2-4-17(5-3-14)26(23,24)21-9-6-16(7-10-21)20-18(22)19-12-15-8-11-25-13-15/h2-5,8,11,13,16H,6-7,9-10,12H2,1H3,(H2,19,20,22). The van der Waals surface area contributed by atoms with Gasteiger partial charge >= 0.3 is 6.03 Å². The fourth-order valence-corrected chi connectivity index (χ4v) is 5.05. The second-order valence-corrected chi connectivity index (χ2v) is 9.17. The molecule has 2 aromatic rings. The molecule has 0 bridgehead atoms. The summed E-state index contributed by atoms with van der Waals surface area (Å²) in [4.78, 5) is 12.3. The van der Waals surface area contributed by atoms with Crippen molar-refractivity contribution in [1.29, 1.82) is 0 Å². The maximum atomic E-state index is 12.7. The minimum atomic E-state index is -3.46. The average molecular weight is 394 g/mol. The van der Waals surface area contributed by atoms with E-state index in [9.17, 15) is 13.2 Å². The summed E-state index contributed by atoms with van der Waals surface area (Å²) in [5, 5.41) is 9.73. The number of nitrogens with zero attached hydrogens (tertiary/aromatic N) is 1. The van der Waals surface area contributed by atoms with Crippen LogP contribution in [0.2, 0.25) is 0 Å². The molecule has 3 rings (SSSR count). The first-order valence-corrected chi connectivity index (χ1v) is 11.0. The average Bonchev–Trinajstić information content (AvgIpc) is 3.14. The van der Waals surface area contributed by atoms with Crippen LogP contribution in [0, 0.1) is 6.92 Å². The number of carbonyl (C=O) groups is 1. The molecule has 1 aromatic heterocycles. The van der Waals surface area contributed by atoms with E-state index in [4.69, 9.17) is 0 Å². The van der Waals surface area contributed by atoms with Gasteiger partial charge in [-0.15, -0.1) is 0 Å². The molecule has 0 aliphatic carbocycles. The maximum absolute atomic E-state index is 12.7. The van der Waals surface area contributed by atoms with Crippen LogP contribution in [0.1, 0.15) is 24.0 Å². The molecule has 0 atom stereocenters. The molecular weight excluding hydrogens is 370 g/mol. The number of hydrogen-bond acceptors (Lipinski definition) is 4. The molecule has 1 fully saturated rings. The largest absolute Gasteiger partial charge is 0.335 e. The number of rotatable bonds is 5. The molecule has 0 radical (unpaired) electrons. The molecule has 26 heavy (non-hydrogen) atoms. The van der Waals surface area contributed by atoms with Gasteiger partial charge in [0.25, 0.3) is 0 Å². The number of amides is 2. The lowest BCUT2D eigenvalue weighted by Crippen LogP contribution is -2.48. The maximum Gasteiger partial charge on any atom is 0.315 e.